The second-order valence-corrected chi connectivity index (χ2v) is 2.59. The van der Waals surface area contributed by atoms with E-state index < -0.39 is 24.2 Å². The molecule has 0 amide bonds. The first kappa shape index (κ1) is 7.47. The smallest absolute Gasteiger partial charge is 0.306 e. The van der Waals surface area contributed by atoms with Crippen molar-refractivity contribution in [1.29, 1.82) is 0 Å². The molecule has 3 atom stereocenters. The molecule has 10 heavy (non-hydrogen) atoms. The highest BCUT2D eigenvalue weighted by Crippen LogP contribution is 2.28. The first-order valence-corrected chi connectivity index (χ1v) is 3.16. The quantitative estimate of drug-likeness (QED) is 0.557. The third-order valence-electron chi connectivity index (χ3n) is 1.80. The fourth-order valence-corrected chi connectivity index (χ4v) is 1.17. The molecule has 1 saturated carbocycles. The number of alkyl halides is 1. The van der Waals surface area contributed by atoms with E-state index in [0.29, 0.717) is 0 Å². The van der Waals surface area contributed by atoms with Gasteiger partial charge >= 0.3 is 5.97 Å². The standard InChI is InChI=1S/C6H9FO3/c7-4-1-3(6(9)10)2-5(4)8/h3-5,8H,1-2H2,(H,9,10)/t3-,4-,5+/m1/s1. The fourth-order valence-electron chi connectivity index (χ4n) is 1.17. The summed E-state index contributed by atoms with van der Waals surface area (Å²) in [6.45, 7) is 0. The van der Waals surface area contributed by atoms with Gasteiger partial charge in [0.05, 0.1) is 12.0 Å². The molecular weight excluding hydrogens is 139 g/mol. The average molecular weight is 148 g/mol. The lowest BCUT2D eigenvalue weighted by molar-refractivity contribution is -0.141. The Bertz CT molecular complexity index is 138. The van der Waals surface area contributed by atoms with E-state index in [1.54, 1.807) is 0 Å². The number of aliphatic carboxylic acids is 1. The van der Waals surface area contributed by atoms with Crippen LogP contribution < -0.4 is 0 Å². The highest BCUT2D eigenvalue weighted by Gasteiger charge is 2.36. The van der Waals surface area contributed by atoms with Gasteiger partial charge in [-0.3, -0.25) is 4.79 Å². The van der Waals surface area contributed by atoms with Crippen LogP contribution in [0.25, 0.3) is 0 Å². The lowest BCUT2D eigenvalue weighted by atomic mass is 10.1. The second kappa shape index (κ2) is 2.54. The number of halogens is 1. The molecule has 1 aliphatic rings. The molecule has 0 saturated heterocycles. The summed E-state index contributed by atoms with van der Waals surface area (Å²) < 4.78 is 12.4. The number of hydrogen-bond donors (Lipinski definition) is 2. The van der Waals surface area contributed by atoms with Crippen LogP contribution in [0.3, 0.4) is 0 Å². The van der Waals surface area contributed by atoms with E-state index in [1.807, 2.05) is 0 Å². The Morgan fingerprint density at radius 3 is 2.30 bits per heavy atom. The largest absolute Gasteiger partial charge is 0.481 e. The molecular formula is C6H9FO3. The van der Waals surface area contributed by atoms with E-state index in [1.165, 1.54) is 0 Å². The maximum absolute atomic E-state index is 12.4. The van der Waals surface area contributed by atoms with Crippen LogP contribution in [0.5, 0.6) is 0 Å². The molecule has 0 aliphatic heterocycles. The molecule has 58 valence electrons. The minimum absolute atomic E-state index is 0.0451. The third-order valence-corrected chi connectivity index (χ3v) is 1.80. The Balaban J connectivity index is 2.49. The molecule has 4 heteroatoms. The third kappa shape index (κ3) is 1.26. The molecule has 0 bridgehead atoms. The Morgan fingerprint density at radius 1 is 1.50 bits per heavy atom. The highest BCUT2D eigenvalue weighted by atomic mass is 19.1. The molecule has 0 heterocycles. The van der Waals surface area contributed by atoms with Gasteiger partial charge in [-0.15, -0.1) is 0 Å². The van der Waals surface area contributed by atoms with Crippen LogP contribution >= 0.6 is 0 Å². The van der Waals surface area contributed by atoms with Crippen molar-refractivity contribution in [3.05, 3.63) is 0 Å². The van der Waals surface area contributed by atoms with Gasteiger partial charge in [-0.25, -0.2) is 4.39 Å². The van der Waals surface area contributed by atoms with Crippen LogP contribution in [0.15, 0.2) is 0 Å². The van der Waals surface area contributed by atoms with Gasteiger partial charge in [-0.2, -0.15) is 0 Å². The summed E-state index contributed by atoms with van der Waals surface area (Å²) >= 11 is 0. The van der Waals surface area contributed by atoms with E-state index >= 15 is 0 Å². The maximum atomic E-state index is 12.4. The molecule has 0 spiro atoms. The predicted octanol–water partition coefficient (Wildman–Crippen LogP) is 0.180. The first-order valence-electron chi connectivity index (χ1n) is 3.16. The van der Waals surface area contributed by atoms with E-state index in [-0.39, 0.29) is 12.8 Å². The topological polar surface area (TPSA) is 57.5 Å². The zero-order valence-corrected chi connectivity index (χ0v) is 5.33. The Labute approximate surface area is 57.5 Å². The first-order chi connectivity index (χ1) is 4.61. The summed E-state index contributed by atoms with van der Waals surface area (Å²) in [7, 11) is 0. The number of carboxylic acids is 1. The molecule has 0 aromatic rings. The Kier molecular flexibility index (Phi) is 1.89. The number of rotatable bonds is 1. The molecule has 0 aromatic heterocycles. The predicted molar refractivity (Wildman–Crippen MR) is 31.3 cm³/mol. The van der Waals surface area contributed by atoms with E-state index in [0.717, 1.165) is 0 Å². The molecule has 3 nitrogen and oxygen atoms in total. The van der Waals surface area contributed by atoms with Gasteiger partial charge in [0, 0.05) is 0 Å². The lowest BCUT2D eigenvalue weighted by Gasteiger charge is -2.00. The summed E-state index contributed by atoms with van der Waals surface area (Å²) in [4.78, 5) is 10.2. The minimum atomic E-state index is -1.35. The molecule has 2 N–H and O–H groups in total. The van der Waals surface area contributed by atoms with Crippen molar-refractivity contribution in [3.63, 3.8) is 0 Å². The van der Waals surface area contributed by atoms with E-state index in [2.05, 4.69) is 0 Å². The maximum Gasteiger partial charge on any atom is 0.306 e. The molecule has 1 fully saturated rings. The Morgan fingerprint density at radius 2 is 2.10 bits per heavy atom. The number of carboxylic acid groups (broad SMARTS) is 1. The highest BCUT2D eigenvalue weighted by molar-refractivity contribution is 5.70. The van der Waals surface area contributed by atoms with Crippen molar-refractivity contribution in [1.82, 2.24) is 0 Å². The van der Waals surface area contributed by atoms with Crippen molar-refractivity contribution in [3.8, 4) is 0 Å². The van der Waals surface area contributed by atoms with Crippen LogP contribution in [-0.2, 0) is 4.79 Å². The zero-order valence-electron chi connectivity index (χ0n) is 5.33. The van der Waals surface area contributed by atoms with Crippen LogP contribution in [0.4, 0.5) is 4.39 Å². The summed E-state index contributed by atoms with van der Waals surface area (Å²) in [6.07, 6.45) is -2.41. The molecule has 0 aromatic carbocycles. The van der Waals surface area contributed by atoms with Gasteiger partial charge in [-0.1, -0.05) is 0 Å². The van der Waals surface area contributed by atoms with Gasteiger partial charge in [0.2, 0.25) is 0 Å². The zero-order chi connectivity index (χ0) is 7.72. The normalized spacial score (nSPS) is 40.0. The van der Waals surface area contributed by atoms with E-state index in [9.17, 15) is 9.18 Å². The van der Waals surface area contributed by atoms with Crippen molar-refractivity contribution >= 4 is 5.97 Å². The number of aliphatic hydroxyl groups is 1. The molecule has 0 unspecified atom stereocenters. The van der Waals surface area contributed by atoms with Gasteiger partial charge in [0.25, 0.3) is 0 Å². The number of carbonyl (C=O) groups is 1. The average Bonchev–Trinajstić information content (AvgIpc) is 2.13. The molecule has 0 radical (unpaired) electrons. The molecule has 1 aliphatic carbocycles. The Hall–Kier alpha value is -0.640. The van der Waals surface area contributed by atoms with Crippen LogP contribution in [0.1, 0.15) is 12.8 Å². The van der Waals surface area contributed by atoms with Gasteiger partial charge in [0.15, 0.2) is 0 Å². The second-order valence-electron chi connectivity index (χ2n) is 2.59. The molecule has 1 rings (SSSR count). The number of hydrogen-bond acceptors (Lipinski definition) is 2. The van der Waals surface area contributed by atoms with E-state index in [4.69, 9.17) is 10.2 Å². The van der Waals surface area contributed by atoms with Crippen molar-refractivity contribution < 1.29 is 19.4 Å². The van der Waals surface area contributed by atoms with Crippen molar-refractivity contribution in [2.24, 2.45) is 5.92 Å². The van der Waals surface area contributed by atoms with Crippen LogP contribution in [0, 0.1) is 5.92 Å². The summed E-state index contributed by atoms with van der Waals surface area (Å²) in [5.41, 5.74) is 0. The van der Waals surface area contributed by atoms with Crippen LogP contribution in [0.2, 0.25) is 0 Å². The van der Waals surface area contributed by atoms with Crippen molar-refractivity contribution in [2.45, 2.75) is 25.1 Å². The van der Waals surface area contributed by atoms with Crippen LogP contribution in [-0.4, -0.2) is 28.5 Å². The summed E-state index contributed by atoms with van der Waals surface area (Å²) in [6, 6.07) is 0. The monoisotopic (exact) mass is 148 g/mol. The summed E-state index contributed by atoms with van der Waals surface area (Å²) in [5, 5.41) is 17.1. The van der Waals surface area contributed by atoms with Gasteiger partial charge in [0.1, 0.15) is 6.17 Å². The lowest BCUT2D eigenvalue weighted by Crippen LogP contribution is -2.12. The fraction of sp³-hybridized carbons (Fsp3) is 0.833. The minimum Gasteiger partial charge on any atom is -0.481 e. The SMILES string of the molecule is O=C(O)[C@@H]1C[C@@H](F)[C@@H](O)C1. The van der Waals surface area contributed by atoms with Crippen molar-refractivity contribution in [2.75, 3.05) is 0 Å². The van der Waals surface area contributed by atoms with Gasteiger partial charge < -0.3 is 10.2 Å². The summed E-state index contributed by atoms with van der Waals surface area (Å²) in [5.74, 6) is -1.70. The number of aliphatic hydroxyl groups excluding tert-OH is 1. The van der Waals surface area contributed by atoms with Gasteiger partial charge in [-0.05, 0) is 12.8 Å².